The normalized spacial score (nSPS) is 18.5. The Morgan fingerprint density at radius 3 is 2.48 bits per heavy atom. The molecule has 1 atom stereocenters. The van der Waals surface area contributed by atoms with Gasteiger partial charge < -0.3 is 9.80 Å². The number of carbonyl (C=O) groups excluding carboxylic acids is 1. The highest BCUT2D eigenvalue weighted by atomic mass is 79.9. The smallest absolute Gasteiger partial charge is 0.235 e. The second-order valence-corrected chi connectivity index (χ2v) is 8.03. The minimum Gasteiger partial charge on any atom is -0.342 e. The van der Waals surface area contributed by atoms with Crippen molar-refractivity contribution in [3.8, 4) is 0 Å². The highest BCUT2D eigenvalue weighted by Gasteiger charge is 2.27. The second kappa shape index (κ2) is 7.65. The minimum atomic E-state index is -0.0455. The summed E-state index contributed by atoms with van der Waals surface area (Å²) in [5, 5.41) is -0.0455. The Morgan fingerprint density at radius 2 is 1.90 bits per heavy atom. The maximum absolute atomic E-state index is 12.6. The Labute approximate surface area is 140 Å². The summed E-state index contributed by atoms with van der Waals surface area (Å²) in [6.45, 7) is 4.16. The lowest BCUT2D eigenvalue weighted by molar-refractivity contribution is -0.131. The predicted molar refractivity (Wildman–Crippen MR) is 92.8 cm³/mol. The first kappa shape index (κ1) is 16.8. The van der Waals surface area contributed by atoms with E-state index in [9.17, 15) is 4.79 Å². The highest BCUT2D eigenvalue weighted by Crippen LogP contribution is 2.27. The molecule has 1 aromatic rings. The Kier molecular flexibility index (Phi) is 6.14. The molecule has 0 radical (unpaired) electrons. The van der Waals surface area contributed by atoms with Crippen LogP contribution in [-0.2, 0) is 4.79 Å². The summed E-state index contributed by atoms with van der Waals surface area (Å²) in [4.78, 5) is 18.0. The van der Waals surface area contributed by atoms with Gasteiger partial charge in [0.1, 0.15) is 0 Å². The van der Waals surface area contributed by atoms with E-state index in [1.807, 2.05) is 43.1 Å². The number of likely N-dealkylation sites (tertiary alicyclic amines) is 1. The van der Waals surface area contributed by atoms with Gasteiger partial charge in [-0.2, -0.15) is 0 Å². The summed E-state index contributed by atoms with van der Waals surface area (Å²) < 4.78 is 1.06. The molecular formula is C16H23BrN2OS. The molecule has 0 aromatic heterocycles. The summed E-state index contributed by atoms with van der Waals surface area (Å²) in [6.07, 6.45) is 2.16. The average Bonchev–Trinajstić information content (AvgIpc) is 2.49. The zero-order valence-electron chi connectivity index (χ0n) is 12.9. The van der Waals surface area contributed by atoms with E-state index in [4.69, 9.17) is 0 Å². The molecule has 21 heavy (non-hydrogen) atoms. The number of carbonyl (C=O) groups is 1. The second-order valence-electron chi connectivity index (χ2n) is 5.70. The van der Waals surface area contributed by atoms with Gasteiger partial charge in [-0.25, -0.2) is 0 Å². The Bertz CT molecular complexity index is 472. The van der Waals surface area contributed by atoms with Crippen LogP contribution in [0.3, 0.4) is 0 Å². The van der Waals surface area contributed by atoms with Crippen LogP contribution in [0.25, 0.3) is 0 Å². The zero-order chi connectivity index (χ0) is 15.4. The zero-order valence-corrected chi connectivity index (χ0v) is 15.3. The van der Waals surface area contributed by atoms with Gasteiger partial charge >= 0.3 is 0 Å². The molecule has 2 rings (SSSR count). The summed E-state index contributed by atoms with van der Waals surface area (Å²) in [5.74, 6) is 0.234. The number of thioether (sulfide) groups is 1. The lowest BCUT2D eigenvalue weighted by Crippen LogP contribution is -2.46. The molecule has 1 unspecified atom stereocenters. The van der Waals surface area contributed by atoms with Crippen molar-refractivity contribution in [2.45, 2.75) is 36.0 Å². The molecule has 1 aliphatic heterocycles. The Hall–Kier alpha value is -0.520. The number of halogens is 1. The molecule has 1 fully saturated rings. The van der Waals surface area contributed by atoms with Crippen LogP contribution in [0.5, 0.6) is 0 Å². The fraction of sp³-hybridized carbons (Fsp3) is 0.562. The molecule has 3 nitrogen and oxygen atoms in total. The van der Waals surface area contributed by atoms with Gasteiger partial charge in [0.2, 0.25) is 5.91 Å². The van der Waals surface area contributed by atoms with Crippen LogP contribution in [-0.4, -0.2) is 54.2 Å². The van der Waals surface area contributed by atoms with Crippen LogP contribution in [0.1, 0.15) is 19.8 Å². The molecule has 0 bridgehead atoms. The molecule has 1 saturated heterocycles. The Balaban J connectivity index is 1.90. The van der Waals surface area contributed by atoms with E-state index < -0.39 is 0 Å². The largest absolute Gasteiger partial charge is 0.342 e. The van der Waals surface area contributed by atoms with Crippen molar-refractivity contribution in [2.75, 3.05) is 27.2 Å². The molecule has 5 heteroatoms. The maximum Gasteiger partial charge on any atom is 0.235 e. The van der Waals surface area contributed by atoms with Crippen molar-refractivity contribution in [3.63, 3.8) is 0 Å². The minimum absolute atomic E-state index is 0.0455. The van der Waals surface area contributed by atoms with Gasteiger partial charge in [0, 0.05) is 22.5 Å². The van der Waals surface area contributed by atoms with Crippen molar-refractivity contribution in [3.05, 3.63) is 28.7 Å². The van der Waals surface area contributed by atoms with Gasteiger partial charge in [-0.15, -0.1) is 11.8 Å². The van der Waals surface area contributed by atoms with E-state index in [-0.39, 0.29) is 11.2 Å². The van der Waals surface area contributed by atoms with E-state index in [1.54, 1.807) is 11.8 Å². The van der Waals surface area contributed by atoms with Crippen LogP contribution in [0.2, 0.25) is 0 Å². The first-order valence-corrected chi connectivity index (χ1v) is 9.02. The number of benzene rings is 1. The third-order valence-electron chi connectivity index (χ3n) is 4.06. The maximum atomic E-state index is 12.6. The average molecular weight is 371 g/mol. The first-order valence-electron chi connectivity index (χ1n) is 7.35. The number of rotatable bonds is 4. The number of hydrogen-bond donors (Lipinski definition) is 0. The van der Waals surface area contributed by atoms with E-state index >= 15 is 0 Å². The lowest BCUT2D eigenvalue weighted by Gasteiger charge is -2.36. The highest BCUT2D eigenvalue weighted by molar-refractivity contribution is 9.10. The summed E-state index contributed by atoms with van der Waals surface area (Å²) >= 11 is 5.06. The van der Waals surface area contributed by atoms with Crippen molar-refractivity contribution in [1.29, 1.82) is 0 Å². The number of amides is 1. The molecule has 1 amide bonds. The SMILES string of the molecule is CC(Sc1ccc(Br)cc1)C(=O)N(C)C1CCN(C)CC1. The van der Waals surface area contributed by atoms with E-state index in [0.29, 0.717) is 6.04 Å². The van der Waals surface area contributed by atoms with E-state index in [2.05, 4.69) is 27.9 Å². The molecule has 1 aromatic carbocycles. The lowest BCUT2D eigenvalue weighted by atomic mass is 10.0. The molecule has 0 N–H and O–H groups in total. The van der Waals surface area contributed by atoms with Crippen molar-refractivity contribution in [2.24, 2.45) is 0 Å². The van der Waals surface area contributed by atoms with Crippen LogP contribution in [0.15, 0.2) is 33.6 Å². The topological polar surface area (TPSA) is 23.6 Å². The fourth-order valence-electron chi connectivity index (χ4n) is 2.62. The number of nitrogens with zero attached hydrogens (tertiary/aromatic N) is 2. The quantitative estimate of drug-likeness (QED) is 0.757. The van der Waals surface area contributed by atoms with E-state index in [0.717, 1.165) is 35.3 Å². The monoisotopic (exact) mass is 370 g/mol. The number of piperidine rings is 1. The standard InChI is InChI=1S/C16H23BrN2OS/c1-12(21-15-6-4-13(17)5-7-15)16(20)19(3)14-8-10-18(2)11-9-14/h4-7,12,14H,8-11H2,1-3H3. The third kappa shape index (κ3) is 4.73. The van der Waals surface area contributed by atoms with Gasteiger partial charge in [0.15, 0.2) is 0 Å². The van der Waals surface area contributed by atoms with Crippen molar-refractivity contribution in [1.82, 2.24) is 9.80 Å². The Morgan fingerprint density at radius 1 is 1.33 bits per heavy atom. The van der Waals surface area contributed by atoms with E-state index in [1.165, 1.54) is 0 Å². The number of hydrogen-bond acceptors (Lipinski definition) is 3. The van der Waals surface area contributed by atoms with Crippen molar-refractivity contribution >= 4 is 33.6 Å². The molecule has 1 aliphatic rings. The van der Waals surface area contributed by atoms with Gasteiger partial charge in [-0.05, 0) is 64.2 Å². The van der Waals surface area contributed by atoms with Gasteiger partial charge in [-0.1, -0.05) is 15.9 Å². The first-order chi connectivity index (χ1) is 9.97. The fourth-order valence-corrected chi connectivity index (χ4v) is 3.85. The summed E-state index contributed by atoms with van der Waals surface area (Å²) in [6, 6.07) is 8.52. The van der Waals surface area contributed by atoms with Gasteiger partial charge in [-0.3, -0.25) is 4.79 Å². The van der Waals surface area contributed by atoms with Crippen molar-refractivity contribution < 1.29 is 4.79 Å². The van der Waals surface area contributed by atoms with Crippen LogP contribution in [0, 0.1) is 0 Å². The van der Waals surface area contributed by atoms with Gasteiger partial charge in [0.05, 0.1) is 5.25 Å². The van der Waals surface area contributed by atoms with Gasteiger partial charge in [0.25, 0.3) is 0 Å². The molecule has 0 saturated carbocycles. The molecule has 0 aliphatic carbocycles. The molecular weight excluding hydrogens is 348 g/mol. The molecule has 116 valence electrons. The molecule has 1 heterocycles. The van der Waals surface area contributed by atoms with Crippen LogP contribution in [0.4, 0.5) is 0 Å². The third-order valence-corrected chi connectivity index (χ3v) is 5.69. The predicted octanol–water partition coefficient (Wildman–Crippen LogP) is 3.48. The summed E-state index contributed by atoms with van der Waals surface area (Å²) in [7, 11) is 4.10. The molecule has 0 spiro atoms. The van der Waals surface area contributed by atoms with Crippen LogP contribution < -0.4 is 0 Å². The summed E-state index contributed by atoms with van der Waals surface area (Å²) in [5.41, 5.74) is 0. The van der Waals surface area contributed by atoms with Crippen LogP contribution >= 0.6 is 27.7 Å².